The van der Waals surface area contributed by atoms with E-state index in [1.54, 1.807) is 31.2 Å². The summed E-state index contributed by atoms with van der Waals surface area (Å²) >= 11 is 0. The Bertz CT molecular complexity index is 720. The summed E-state index contributed by atoms with van der Waals surface area (Å²) in [5, 5.41) is 22.0. The fourth-order valence-corrected chi connectivity index (χ4v) is 3.13. The molecule has 0 heterocycles. The molecule has 2 rings (SSSR count). The number of aromatic hydroxyl groups is 2. The number of ketones is 1. The smallest absolute Gasteiger partial charge is 0.220 e. The normalized spacial score (nSPS) is 11.2. The van der Waals surface area contributed by atoms with Gasteiger partial charge in [-0.2, -0.15) is 0 Å². The van der Waals surface area contributed by atoms with Crippen molar-refractivity contribution in [1.29, 1.82) is 0 Å². The predicted molar refractivity (Wildman–Crippen MR) is 105 cm³/mol. The van der Waals surface area contributed by atoms with Crippen LogP contribution in [0.15, 0.2) is 48.5 Å². The topological polar surface area (TPSA) is 86.6 Å². The van der Waals surface area contributed by atoms with E-state index in [-0.39, 0.29) is 23.2 Å². The lowest BCUT2D eigenvalue weighted by molar-refractivity contribution is -0.122. The van der Waals surface area contributed by atoms with Crippen molar-refractivity contribution in [1.82, 2.24) is 5.32 Å². The highest BCUT2D eigenvalue weighted by atomic mass is 16.3. The lowest BCUT2D eigenvalue weighted by Crippen LogP contribution is -2.29. The average Bonchev–Trinajstić information content (AvgIpc) is 2.64. The third-order valence-corrected chi connectivity index (χ3v) is 4.89. The van der Waals surface area contributed by atoms with Crippen molar-refractivity contribution in [3.63, 3.8) is 0 Å². The fourth-order valence-electron chi connectivity index (χ4n) is 3.13. The maximum absolute atomic E-state index is 12.2. The van der Waals surface area contributed by atoms with E-state index in [9.17, 15) is 19.8 Å². The van der Waals surface area contributed by atoms with Gasteiger partial charge in [-0.25, -0.2) is 0 Å². The van der Waals surface area contributed by atoms with Gasteiger partial charge in [0.15, 0.2) is 0 Å². The SMILES string of the molecule is CC(=O)CCCNC(=O)CCC(C)(c1ccc(O)cc1)c1ccc(O)cc1. The van der Waals surface area contributed by atoms with Gasteiger partial charge >= 0.3 is 0 Å². The molecule has 27 heavy (non-hydrogen) atoms. The van der Waals surface area contributed by atoms with Crippen molar-refractivity contribution in [2.45, 2.75) is 44.9 Å². The zero-order valence-electron chi connectivity index (χ0n) is 15.9. The molecule has 0 aromatic heterocycles. The van der Waals surface area contributed by atoms with E-state index in [0.29, 0.717) is 32.2 Å². The molecular weight excluding hydrogens is 342 g/mol. The van der Waals surface area contributed by atoms with Crippen LogP contribution in [0.4, 0.5) is 0 Å². The van der Waals surface area contributed by atoms with Crippen LogP contribution in [0.3, 0.4) is 0 Å². The quantitative estimate of drug-likeness (QED) is 0.589. The first kappa shape index (κ1) is 20.5. The Morgan fingerprint density at radius 1 is 0.889 bits per heavy atom. The van der Waals surface area contributed by atoms with Gasteiger partial charge in [0.2, 0.25) is 5.91 Å². The first-order valence-corrected chi connectivity index (χ1v) is 9.16. The second-order valence-corrected chi connectivity index (χ2v) is 7.08. The van der Waals surface area contributed by atoms with Crippen LogP contribution in [0.2, 0.25) is 0 Å². The van der Waals surface area contributed by atoms with Crippen molar-refractivity contribution in [3.8, 4) is 11.5 Å². The zero-order valence-corrected chi connectivity index (χ0v) is 15.9. The molecule has 1 amide bonds. The highest BCUT2D eigenvalue weighted by Crippen LogP contribution is 2.37. The van der Waals surface area contributed by atoms with Gasteiger partial charge in [0, 0.05) is 24.8 Å². The van der Waals surface area contributed by atoms with E-state index in [1.165, 1.54) is 0 Å². The number of amides is 1. The van der Waals surface area contributed by atoms with Gasteiger partial charge in [-0.05, 0) is 55.2 Å². The van der Waals surface area contributed by atoms with Crippen LogP contribution >= 0.6 is 0 Å². The number of phenols is 2. The minimum Gasteiger partial charge on any atom is -0.508 e. The van der Waals surface area contributed by atoms with Crippen LogP contribution in [0.1, 0.15) is 50.7 Å². The number of carbonyl (C=O) groups excluding carboxylic acids is 2. The molecule has 5 nitrogen and oxygen atoms in total. The Balaban J connectivity index is 2.11. The monoisotopic (exact) mass is 369 g/mol. The van der Waals surface area contributed by atoms with Gasteiger partial charge in [-0.1, -0.05) is 31.2 Å². The summed E-state index contributed by atoms with van der Waals surface area (Å²) in [6, 6.07) is 14.0. The summed E-state index contributed by atoms with van der Waals surface area (Å²) in [4.78, 5) is 23.2. The molecule has 0 spiro atoms. The number of hydrogen-bond acceptors (Lipinski definition) is 4. The summed E-state index contributed by atoms with van der Waals surface area (Å²) in [6.45, 7) is 4.09. The highest BCUT2D eigenvalue weighted by molar-refractivity contribution is 5.77. The highest BCUT2D eigenvalue weighted by Gasteiger charge is 2.29. The van der Waals surface area contributed by atoms with Crippen LogP contribution in [0, 0.1) is 0 Å². The van der Waals surface area contributed by atoms with Crippen LogP contribution < -0.4 is 5.32 Å². The molecule has 0 aliphatic heterocycles. The first-order valence-electron chi connectivity index (χ1n) is 9.16. The summed E-state index contributed by atoms with van der Waals surface area (Å²) in [7, 11) is 0. The van der Waals surface area contributed by atoms with Crippen LogP contribution in [-0.4, -0.2) is 28.4 Å². The maximum atomic E-state index is 12.2. The molecule has 0 unspecified atom stereocenters. The molecule has 0 bridgehead atoms. The largest absolute Gasteiger partial charge is 0.508 e. The van der Waals surface area contributed by atoms with Gasteiger partial charge < -0.3 is 20.3 Å². The molecule has 0 radical (unpaired) electrons. The van der Waals surface area contributed by atoms with Crippen molar-refractivity contribution in [2.24, 2.45) is 0 Å². The average molecular weight is 369 g/mol. The van der Waals surface area contributed by atoms with Crippen LogP contribution in [0.25, 0.3) is 0 Å². The number of benzene rings is 2. The summed E-state index contributed by atoms with van der Waals surface area (Å²) < 4.78 is 0. The number of hydrogen-bond donors (Lipinski definition) is 3. The molecule has 0 aliphatic rings. The molecule has 0 saturated carbocycles. The summed E-state index contributed by atoms with van der Waals surface area (Å²) in [5.41, 5.74) is 1.52. The van der Waals surface area contributed by atoms with E-state index in [0.717, 1.165) is 11.1 Å². The van der Waals surface area contributed by atoms with Crippen molar-refractivity contribution in [2.75, 3.05) is 6.54 Å². The van der Waals surface area contributed by atoms with Crippen molar-refractivity contribution in [3.05, 3.63) is 59.7 Å². The fraction of sp³-hybridized carbons (Fsp3) is 0.364. The van der Waals surface area contributed by atoms with E-state index >= 15 is 0 Å². The number of carbonyl (C=O) groups is 2. The number of nitrogens with one attached hydrogen (secondary N) is 1. The molecular formula is C22H27NO4. The van der Waals surface area contributed by atoms with Gasteiger partial charge in [-0.3, -0.25) is 4.79 Å². The van der Waals surface area contributed by atoms with E-state index < -0.39 is 5.41 Å². The molecule has 0 fully saturated rings. The number of rotatable bonds is 9. The minimum atomic E-state index is -0.446. The Kier molecular flexibility index (Phi) is 6.99. The van der Waals surface area contributed by atoms with E-state index in [4.69, 9.17) is 0 Å². The van der Waals surface area contributed by atoms with E-state index in [2.05, 4.69) is 12.2 Å². The maximum Gasteiger partial charge on any atom is 0.220 e. The standard InChI is InChI=1S/C22H27NO4/c1-16(24)4-3-15-23-21(27)13-14-22(2,17-5-9-19(25)10-6-17)18-7-11-20(26)12-8-18/h5-12,25-26H,3-4,13-15H2,1-2H3,(H,23,27). The third kappa shape index (κ3) is 5.84. The third-order valence-electron chi connectivity index (χ3n) is 4.89. The second kappa shape index (κ2) is 9.21. The first-order chi connectivity index (χ1) is 12.8. The molecule has 5 heteroatoms. The van der Waals surface area contributed by atoms with E-state index in [1.807, 2.05) is 24.3 Å². The predicted octanol–water partition coefficient (Wildman–Crippen LogP) is 3.67. The number of Topliss-reactive ketones (excluding diaryl/α,β-unsaturated/α-hetero) is 1. The molecule has 0 atom stereocenters. The molecule has 0 aliphatic carbocycles. The zero-order chi connectivity index (χ0) is 19.9. The summed E-state index contributed by atoms with van der Waals surface area (Å²) in [5.74, 6) is 0.448. The number of phenolic OH excluding ortho intramolecular Hbond substituents is 2. The van der Waals surface area contributed by atoms with Gasteiger partial charge in [0.1, 0.15) is 17.3 Å². The lowest BCUT2D eigenvalue weighted by atomic mass is 9.73. The minimum absolute atomic E-state index is 0.0534. The summed E-state index contributed by atoms with van der Waals surface area (Å²) in [6.07, 6.45) is 2.02. The Morgan fingerprint density at radius 3 is 1.81 bits per heavy atom. The Labute approximate surface area is 160 Å². The van der Waals surface area contributed by atoms with Crippen LogP contribution in [-0.2, 0) is 15.0 Å². The van der Waals surface area contributed by atoms with Gasteiger partial charge in [0.25, 0.3) is 0 Å². The molecule has 2 aromatic rings. The molecule has 0 saturated heterocycles. The molecule has 3 N–H and O–H groups in total. The van der Waals surface area contributed by atoms with Crippen LogP contribution in [0.5, 0.6) is 11.5 Å². The van der Waals surface area contributed by atoms with Crippen molar-refractivity contribution < 1.29 is 19.8 Å². The van der Waals surface area contributed by atoms with Crippen molar-refractivity contribution >= 4 is 11.7 Å². The molecule has 2 aromatic carbocycles. The Morgan fingerprint density at radius 2 is 1.37 bits per heavy atom. The van der Waals surface area contributed by atoms with Gasteiger partial charge in [-0.15, -0.1) is 0 Å². The Hall–Kier alpha value is -2.82. The van der Waals surface area contributed by atoms with Gasteiger partial charge in [0.05, 0.1) is 0 Å². The second-order valence-electron chi connectivity index (χ2n) is 7.08. The molecule has 144 valence electrons. The lowest BCUT2D eigenvalue weighted by Gasteiger charge is -2.31.